The van der Waals surface area contributed by atoms with Gasteiger partial charge in [-0.05, 0) is 48.6 Å². The molecule has 2 fully saturated rings. The Morgan fingerprint density at radius 1 is 1.06 bits per heavy atom. The maximum absolute atomic E-state index is 13.5. The molecule has 0 aliphatic heterocycles. The second-order valence-corrected chi connectivity index (χ2v) is 8.90. The predicted molar refractivity (Wildman–Crippen MR) is 124 cm³/mol. The molecule has 3 atom stereocenters. The fourth-order valence-corrected chi connectivity index (χ4v) is 4.93. The highest BCUT2D eigenvalue weighted by molar-refractivity contribution is 5.78. The molecule has 0 aromatic heterocycles. The van der Waals surface area contributed by atoms with Crippen molar-refractivity contribution in [2.45, 2.75) is 78.6 Å². The molecule has 0 bridgehead atoms. The third-order valence-corrected chi connectivity index (χ3v) is 6.54. The Labute approximate surface area is 188 Å². The van der Waals surface area contributed by atoms with Crippen LogP contribution in [-0.2, 0) is 9.53 Å². The minimum atomic E-state index is -0.296. The van der Waals surface area contributed by atoms with Crippen LogP contribution in [-0.4, -0.2) is 32.3 Å². The van der Waals surface area contributed by atoms with E-state index in [1.165, 1.54) is 44.2 Å². The van der Waals surface area contributed by atoms with E-state index in [1.807, 2.05) is 13.8 Å². The van der Waals surface area contributed by atoms with E-state index < -0.39 is 0 Å². The van der Waals surface area contributed by atoms with E-state index in [0.717, 1.165) is 30.2 Å². The maximum Gasteiger partial charge on any atom is 0.223 e. The number of rotatable bonds is 9. The zero-order valence-corrected chi connectivity index (χ0v) is 19.9. The minimum absolute atomic E-state index is 0.181. The van der Waals surface area contributed by atoms with E-state index in [2.05, 4.69) is 19.2 Å². The third kappa shape index (κ3) is 8.10. The lowest BCUT2D eigenvalue weighted by Gasteiger charge is -2.38. The predicted octanol–water partition coefficient (Wildman–Crippen LogP) is 6.09. The fourth-order valence-electron chi connectivity index (χ4n) is 4.93. The molecule has 176 valence electrons. The Balaban J connectivity index is 0.00000166. The highest BCUT2D eigenvalue weighted by Gasteiger charge is 2.34. The molecule has 1 N–H and O–H groups in total. The number of hydrogen-bond donors (Lipinski definition) is 1. The summed E-state index contributed by atoms with van der Waals surface area (Å²) in [5, 5.41) is 3.03. The van der Waals surface area contributed by atoms with E-state index in [1.54, 1.807) is 6.07 Å². The number of nitrogens with one attached hydrogen (secondary N) is 1. The molecule has 0 saturated heterocycles. The number of hydrogen-bond acceptors (Lipinski definition) is 3. The topological polar surface area (TPSA) is 47.6 Å². The molecular formula is C26H42FNO3. The Morgan fingerprint density at radius 3 is 2.55 bits per heavy atom. The Bertz CT molecular complexity index is 664. The van der Waals surface area contributed by atoms with Crippen LogP contribution in [0.4, 0.5) is 4.39 Å². The van der Waals surface area contributed by atoms with Gasteiger partial charge in [0, 0.05) is 18.5 Å². The Morgan fingerprint density at radius 2 is 1.81 bits per heavy atom. The minimum Gasteiger partial charge on any atom is -0.491 e. The number of fused-ring (bicyclic) bond motifs is 1. The summed E-state index contributed by atoms with van der Waals surface area (Å²) in [7, 11) is 0. The molecule has 0 heterocycles. The molecule has 1 amide bonds. The number of carbonyl (C=O) groups excluding carboxylic acids is 1. The summed E-state index contributed by atoms with van der Waals surface area (Å²) in [4.78, 5) is 12.5. The highest BCUT2D eigenvalue weighted by atomic mass is 19.1. The number of halogens is 1. The molecule has 31 heavy (non-hydrogen) atoms. The summed E-state index contributed by atoms with van der Waals surface area (Å²) in [6.45, 7) is 9.88. The first-order valence-corrected chi connectivity index (χ1v) is 12.3. The van der Waals surface area contributed by atoms with Crippen LogP contribution in [0, 0.1) is 23.6 Å². The molecule has 0 spiro atoms. The Hall–Kier alpha value is -1.62. The first-order chi connectivity index (χ1) is 15.0. The van der Waals surface area contributed by atoms with Crippen LogP contribution in [0.3, 0.4) is 0 Å². The molecule has 2 aliphatic carbocycles. The van der Waals surface area contributed by atoms with Gasteiger partial charge in [-0.1, -0.05) is 59.4 Å². The molecule has 5 heteroatoms. The summed E-state index contributed by atoms with van der Waals surface area (Å²) in [5.74, 6) is 2.55. The number of amides is 1. The fraction of sp³-hybridized carbons (Fsp3) is 0.731. The summed E-state index contributed by atoms with van der Waals surface area (Å²) in [6, 6.07) is 4.66. The number of ether oxygens (including phenoxy) is 2. The average Bonchev–Trinajstić information content (AvgIpc) is 2.79. The van der Waals surface area contributed by atoms with Gasteiger partial charge in [0.2, 0.25) is 5.91 Å². The molecule has 3 unspecified atom stereocenters. The van der Waals surface area contributed by atoms with Gasteiger partial charge < -0.3 is 14.8 Å². The van der Waals surface area contributed by atoms with Crippen molar-refractivity contribution in [1.82, 2.24) is 5.32 Å². The van der Waals surface area contributed by atoms with Gasteiger partial charge in [-0.25, -0.2) is 4.39 Å². The number of carbonyl (C=O) groups is 1. The first kappa shape index (κ1) is 25.6. The zero-order chi connectivity index (χ0) is 22.6. The summed E-state index contributed by atoms with van der Waals surface area (Å²) in [5.41, 5.74) is 0.992. The molecule has 3 rings (SSSR count). The van der Waals surface area contributed by atoms with Gasteiger partial charge in [0.15, 0.2) is 0 Å². The molecular weight excluding hydrogens is 393 g/mol. The van der Waals surface area contributed by atoms with Crippen molar-refractivity contribution in [3.05, 3.63) is 29.6 Å². The van der Waals surface area contributed by atoms with Gasteiger partial charge in [-0.2, -0.15) is 0 Å². The van der Waals surface area contributed by atoms with Crippen molar-refractivity contribution in [3.63, 3.8) is 0 Å². The normalized spacial score (nSPS) is 22.8. The lowest BCUT2D eigenvalue weighted by molar-refractivity contribution is -0.127. The largest absolute Gasteiger partial charge is 0.491 e. The van der Waals surface area contributed by atoms with Gasteiger partial charge in [0.25, 0.3) is 0 Å². The number of benzene rings is 1. The molecule has 4 nitrogen and oxygen atoms in total. The van der Waals surface area contributed by atoms with Crippen LogP contribution in [0.1, 0.15) is 84.1 Å². The molecule has 0 radical (unpaired) electrons. The van der Waals surface area contributed by atoms with Gasteiger partial charge in [-0.15, -0.1) is 0 Å². The van der Waals surface area contributed by atoms with Crippen molar-refractivity contribution in [1.29, 1.82) is 0 Å². The van der Waals surface area contributed by atoms with Crippen LogP contribution in [0.25, 0.3) is 0 Å². The first-order valence-electron chi connectivity index (χ1n) is 12.3. The standard InChI is InChI=1S/C24H36FNO3.C2H6/c1-17(2)22-10-9-21(25)16-23(22)29-14-13-28-12-11-26-24(27)20-8-7-18-5-3-4-6-19(18)15-20;1-2/h9-10,16-20H,3-8,11-15H2,1-2H3,(H,26,27);1-2H3. The van der Waals surface area contributed by atoms with E-state index in [-0.39, 0.29) is 23.6 Å². The van der Waals surface area contributed by atoms with Gasteiger partial charge in [0.1, 0.15) is 18.2 Å². The quantitative estimate of drug-likeness (QED) is 0.477. The van der Waals surface area contributed by atoms with E-state index in [4.69, 9.17) is 9.47 Å². The van der Waals surface area contributed by atoms with E-state index >= 15 is 0 Å². The van der Waals surface area contributed by atoms with Crippen molar-refractivity contribution < 1.29 is 18.7 Å². The van der Waals surface area contributed by atoms with Crippen molar-refractivity contribution >= 4 is 5.91 Å². The smallest absolute Gasteiger partial charge is 0.223 e. The van der Waals surface area contributed by atoms with Gasteiger partial charge >= 0.3 is 0 Å². The van der Waals surface area contributed by atoms with Crippen molar-refractivity contribution in [3.8, 4) is 5.75 Å². The molecule has 2 aliphatic rings. The summed E-state index contributed by atoms with van der Waals surface area (Å²) in [6.07, 6.45) is 8.70. The van der Waals surface area contributed by atoms with Crippen LogP contribution >= 0.6 is 0 Å². The van der Waals surface area contributed by atoms with Crippen molar-refractivity contribution in [2.24, 2.45) is 17.8 Å². The Kier molecular flexibility index (Phi) is 11.3. The lowest BCUT2D eigenvalue weighted by atomic mass is 9.67. The van der Waals surface area contributed by atoms with Gasteiger partial charge in [-0.3, -0.25) is 4.79 Å². The van der Waals surface area contributed by atoms with Gasteiger partial charge in [0.05, 0.1) is 13.2 Å². The lowest BCUT2D eigenvalue weighted by Crippen LogP contribution is -2.38. The second kappa shape index (κ2) is 13.7. The molecule has 2 saturated carbocycles. The van der Waals surface area contributed by atoms with E-state index in [0.29, 0.717) is 32.1 Å². The summed E-state index contributed by atoms with van der Waals surface area (Å²) < 4.78 is 24.7. The van der Waals surface area contributed by atoms with Crippen LogP contribution < -0.4 is 10.1 Å². The second-order valence-electron chi connectivity index (χ2n) is 8.90. The average molecular weight is 436 g/mol. The SMILES string of the molecule is CC.CC(C)c1ccc(F)cc1OCCOCCNC(=O)C1CCC2CCCCC2C1. The van der Waals surface area contributed by atoms with E-state index in [9.17, 15) is 9.18 Å². The molecule has 1 aromatic carbocycles. The maximum atomic E-state index is 13.5. The van der Waals surface area contributed by atoms with Crippen LogP contribution in [0.2, 0.25) is 0 Å². The zero-order valence-electron chi connectivity index (χ0n) is 19.9. The highest BCUT2D eigenvalue weighted by Crippen LogP contribution is 2.42. The van der Waals surface area contributed by atoms with Crippen LogP contribution in [0.5, 0.6) is 5.75 Å². The third-order valence-electron chi connectivity index (χ3n) is 6.54. The monoisotopic (exact) mass is 435 g/mol. The van der Waals surface area contributed by atoms with Crippen molar-refractivity contribution in [2.75, 3.05) is 26.4 Å². The van der Waals surface area contributed by atoms with Crippen LogP contribution in [0.15, 0.2) is 18.2 Å². The summed E-state index contributed by atoms with van der Waals surface area (Å²) >= 11 is 0. The molecule has 1 aromatic rings.